The van der Waals surface area contributed by atoms with Crippen molar-refractivity contribution in [2.45, 2.75) is 24.5 Å². The standard InChI is InChI=1S/C25H27N5O2S/c1-32-18-2-3-19-20(10-18)28-24-21(13-31)30(12-22-27-8-9-33-22)16-25(23(19)24)14-29(15-25)11-17-4-6-26-7-5-17/h2-10,21,28,31H,11-16H2,1H3/t21-/m0/s1. The van der Waals surface area contributed by atoms with Crippen molar-refractivity contribution < 1.29 is 9.84 Å². The summed E-state index contributed by atoms with van der Waals surface area (Å²) in [6.07, 6.45) is 5.57. The molecule has 5 heterocycles. The molecule has 33 heavy (non-hydrogen) atoms. The number of benzene rings is 1. The van der Waals surface area contributed by atoms with E-state index in [1.165, 1.54) is 16.5 Å². The second-order valence-electron chi connectivity index (χ2n) is 9.14. The van der Waals surface area contributed by atoms with Crippen LogP contribution in [0.5, 0.6) is 5.75 Å². The highest BCUT2D eigenvalue weighted by Crippen LogP contribution is 2.49. The summed E-state index contributed by atoms with van der Waals surface area (Å²) < 4.78 is 5.47. The Balaban J connectivity index is 1.39. The van der Waals surface area contributed by atoms with E-state index < -0.39 is 0 Å². The zero-order valence-corrected chi connectivity index (χ0v) is 19.4. The fourth-order valence-corrected chi connectivity index (χ4v) is 6.35. The van der Waals surface area contributed by atoms with Crippen molar-refractivity contribution in [1.29, 1.82) is 0 Å². The van der Waals surface area contributed by atoms with Crippen molar-refractivity contribution in [3.05, 3.63) is 76.1 Å². The lowest BCUT2D eigenvalue weighted by molar-refractivity contribution is -0.0119. The largest absolute Gasteiger partial charge is 0.497 e. The van der Waals surface area contributed by atoms with Crippen LogP contribution in [0.4, 0.5) is 0 Å². The highest BCUT2D eigenvalue weighted by Gasteiger charge is 2.52. The van der Waals surface area contributed by atoms with Gasteiger partial charge in [0, 0.05) is 78.2 Å². The number of aromatic amines is 1. The Morgan fingerprint density at radius 2 is 2.00 bits per heavy atom. The lowest BCUT2D eigenvalue weighted by Gasteiger charge is -2.56. The summed E-state index contributed by atoms with van der Waals surface area (Å²) in [4.78, 5) is 17.2. The Bertz CT molecular complexity index is 1250. The highest BCUT2D eigenvalue weighted by molar-refractivity contribution is 7.09. The number of pyridine rings is 1. The van der Waals surface area contributed by atoms with Gasteiger partial charge in [-0.2, -0.15) is 0 Å². The van der Waals surface area contributed by atoms with Crippen LogP contribution in [0.1, 0.15) is 27.9 Å². The molecule has 1 fully saturated rings. The molecule has 6 rings (SSSR count). The second kappa shape index (κ2) is 8.22. The lowest BCUT2D eigenvalue weighted by Crippen LogP contribution is -2.65. The molecule has 8 heteroatoms. The number of ether oxygens (including phenoxy) is 1. The summed E-state index contributed by atoms with van der Waals surface area (Å²) in [6.45, 7) is 4.59. The number of aromatic nitrogens is 3. The minimum absolute atomic E-state index is 0.0120. The molecule has 0 saturated carbocycles. The van der Waals surface area contributed by atoms with E-state index in [9.17, 15) is 5.11 Å². The summed E-state index contributed by atoms with van der Waals surface area (Å²) in [5.41, 5.74) is 4.86. The molecule has 1 saturated heterocycles. The number of thiazole rings is 1. The molecule has 3 aromatic heterocycles. The first-order valence-electron chi connectivity index (χ1n) is 11.2. The highest BCUT2D eigenvalue weighted by atomic mass is 32.1. The van der Waals surface area contributed by atoms with E-state index >= 15 is 0 Å². The van der Waals surface area contributed by atoms with Crippen LogP contribution in [-0.2, 0) is 18.5 Å². The van der Waals surface area contributed by atoms with Gasteiger partial charge in [-0.05, 0) is 35.4 Å². The fourth-order valence-electron chi connectivity index (χ4n) is 5.71. The van der Waals surface area contributed by atoms with Crippen molar-refractivity contribution in [3.8, 4) is 5.75 Å². The summed E-state index contributed by atoms with van der Waals surface area (Å²) in [5, 5.41) is 14.8. The van der Waals surface area contributed by atoms with Crippen LogP contribution in [0.3, 0.4) is 0 Å². The third-order valence-corrected chi connectivity index (χ3v) is 7.81. The number of hydrogen-bond donors (Lipinski definition) is 2. The van der Waals surface area contributed by atoms with Gasteiger partial charge in [0.1, 0.15) is 10.8 Å². The molecular weight excluding hydrogens is 434 g/mol. The molecule has 0 amide bonds. The van der Waals surface area contributed by atoms with Crippen LogP contribution in [-0.4, -0.2) is 63.2 Å². The van der Waals surface area contributed by atoms with Crippen LogP contribution in [0, 0.1) is 0 Å². The minimum Gasteiger partial charge on any atom is -0.497 e. The van der Waals surface area contributed by atoms with E-state index in [2.05, 4.69) is 49.0 Å². The van der Waals surface area contributed by atoms with E-state index in [4.69, 9.17) is 4.74 Å². The molecule has 0 radical (unpaired) electrons. The van der Waals surface area contributed by atoms with Crippen molar-refractivity contribution in [2.24, 2.45) is 0 Å². The first kappa shape index (κ1) is 20.8. The predicted molar refractivity (Wildman–Crippen MR) is 128 cm³/mol. The molecule has 7 nitrogen and oxygen atoms in total. The molecule has 2 N–H and O–H groups in total. The van der Waals surface area contributed by atoms with Crippen LogP contribution < -0.4 is 4.74 Å². The molecular formula is C25H27N5O2S. The number of nitrogens with zero attached hydrogens (tertiary/aromatic N) is 4. The van der Waals surface area contributed by atoms with Crippen LogP contribution in [0.2, 0.25) is 0 Å². The number of H-pyrrole nitrogens is 1. The Hall–Kier alpha value is -2.78. The maximum absolute atomic E-state index is 10.5. The molecule has 170 valence electrons. The number of aliphatic hydroxyl groups is 1. The van der Waals surface area contributed by atoms with Gasteiger partial charge in [0.05, 0.1) is 26.3 Å². The van der Waals surface area contributed by atoms with Crippen LogP contribution in [0.25, 0.3) is 10.9 Å². The van der Waals surface area contributed by atoms with Gasteiger partial charge in [0.25, 0.3) is 0 Å². The van der Waals surface area contributed by atoms with Gasteiger partial charge in [-0.25, -0.2) is 4.98 Å². The fraction of sp³-hybridized carbons (Fsp3) is 0.360. The van der Waals surface area contributed by atoms with Gasteiger partial charge in [0.2, 0.25) is 0 Å². The second-order valence-corrected chi connectivity index (χ2v) is 10.1. The Kier molecular flexibility index (Phi) is 5.18. The van der Waals surface area contributed by atoms with Gasteiger partial charge in [-0.3, -0.25) is 14.8 Å². The molecule has 2 aliphatic rings. The summed E-state index contributed by atoms with van der Waals surface area (Å²) in [7, 11) is 1.70. The maximum Gasteiger partial charge on any atom is 0.120 e. The van der Waals surface area contributed by atoms with Gasteiger partial charge in [0.15, 0.2) is 0 Å². The number of rotatable bonds is 6. The SMILES string of the molecule is COc1ccc2c3c([nH]c2c1)[C@H](CO)N(Cc1nccs1)CC31CN(Cc2ccncc2)C1. The monoisotopic (exact) mass is 461 g/mol. The van der Waals surface area contributed by atoms with Gasteiger partial charge < -0.3 is 14.8 Å². The van der Waals surface area contributed by atoms with Gasteiger partial charge in [-0.1, -0.05) is 0 Å². The molecule has 1 aromatic carbocycles. The quantitative estimate of drug-likeness (QED) is 0.459. The normalized spacial score (nSPS) is 20.1. The Morgan fingerprint density at radius 1 is 1.15 bits per heavy atom. The lowest BCUT2D eigenvalue weighted by atomic mass is 9.68. The number of methoxy groups -OCH3 is 1. The first-order valence-corrected chi connectivity index (χ1v) is 12.1. The average Bonchev–Trinajstić information content (AvgIpc) is 3.46. The summed E-state index contributed by atoms with van der Waals surface area (Å²) in [6, 6.07) is 10.4. The van der Waals surface area contributed by atoms with Gasteiger partial charge >= 0.3 is 0 Å². The van der Waals surface area contributed by atoms with E-state index in [1.54, 1.807) is 18.4 Å². The van der Waals surface area contributed by atoms with Crippen molar-refractivity contribution in [1.82, 2.24) is 24.8 Å². The van der Waals surface area contributed by atoms with Crippen molar-refractivity contribution in [2.75, 3.05) is 33.4 Å². The number of fused-ring (bicyclic) bond motifs is 4. The predicted octanol–water partition coefficient (Wildman–Crippen LogP) is 3.33. The van der Waals surface area contributed by atoms with E-state index in [0.717, 1.165) is 54.7 Å². The average molecular weight is 462 g/mol. The van der Waals surface area contributed by atoms with E-state index in [1.807, 2.05) is 30.0 Å². The Labute approximate surface area is 196 Å². The summed E-state index contributed by atoms with van der Waals surface area (Å²) in [5.74, 6) is 0.836. The smallest absolute Gasteiger partial charge is 0.120 e. The van der Waals surface area contributed by atoms with Crippen LogP contribution >= 0.6 is 11.3 Å². The molecule has 1 atom stereocenters. The zero-order chi connectivity index (χ0) is 22.4. The molecule has 4 aromatic rings. The van der Waals surface area contributed by atoms with Crippen molar-refractivity contribution >= 4 is 22.2 Å². The maximum atomic E-state index is 10.5. The number of hydrogen-bond acceptors (Lipinski definition) is 7. The third kappa shape index (κ3) is 3.54. The van der Waals surface area contributed by atoms with Crippen LogP contribution in [0.15, 0.2) is 54.3 Å². The van der Waals surface area contributed by atoms with Crippen molar-refractivity contribution in [3.63, 3.8) is 0 Å². The third-order valence-electron chi connectivity index (χ3n) is 7.05. The van der Waals surface area contributed by atoms with E-state index in [-0.39, 0.29) is 18.1 Å². The number of likely N-dealkylation sites (tertiary alicyclic amines) is 1. The summed E-state index contributed by atoms with van der Waals surface area (Å²) >= 11 is 1.67. The molecule has 0 bridgehead atoms. The van der Waals surface area contributed by atoms with Gasteiger partial charge in [-0.15, -0.1) is 11.3 Å². The molecule has 0 unspecified atom stereocenters. The van der Waals surface area contributed by atoms with E-state index in [0.29, 0.717) is 0 Å². The molecule has 2 aliphatic heterocycles. The Morgan fingerprint density at radius 3 is 2.73 bits per heavy atom. The first-order chi connectivity index (χ1) is 16.2. The number of nitrogens with one attached hydrogen (secondary N) is 1. The molecule has 0 aliphatic carbocycles. The minimum atomic E-state index is -0.0813. The number of aliphatic hydroxyl groups excluding tert-OH is 1. The topological polar surface area (TPSA) is 77.5 Å². The zero-order valence-electron chi connectivity index (χ0n) is 18.6. The molecule has 1 spiro atoms.